The summed E-state index contributed by atoms with van der Waals surface area (Å²) < 4.78 is 32.1. The van der Waals surface area contributed by atoms with E-state index in [1.807, 2.05) is 33.8 Å². The second-order valence-electron chi connectivity index (χ2n) is 5.82. The van der Waals surface area contributed by atoms with Crippen LogP contribution < -0.4 is 10.6 Å². The van der Waals surface area contributed by atoms with Crippen LogP contribution in [0.25, 0.3) is 0 Å². The van der Waals surface area contributed by atoms with Crippen LogP contribution in [-0.2, 0) is 21.2 Å². The third kappa shape index (κ3) is 6.86. The molecule has 1 unspecified atom stereocenters. The minimum atomic E-state index is -3.38. The van der Waals surface area contributed by atoms with Crippen molar-refractivity contribution in [2.75, 3.05) is 39.9 Å². The van der Waals surface area contributed by atoms with Crippen LogP contribution >= 0.6 is 11.3 Å². The van der Waals surface area contributed by atoms with Gasteiger partial charge in [0.2, 0.25) is 0 Å². The van der Waals surface area contributed by atoms with E-state index in [1.54, 1.807) is 13.2 Å². The van der Waals surface area contributed by atoms with Crippen molar-refractivity contribution in [3.63, 3.8) is 0 Å². The van der Waals surface area contributed by atoms with Crippen molar-refractivity contribution >= 4 is 27.3 Å². The molecule has 7 nitrogen and oxygen atoms in total. The quantitative estimate of drug-likeness (QED) is 0.435. The normalized spacial score (nSPS) is 13.8. The van der Waals surface area contributed by atoms with Crippen LogP contribution in [0.1, 0.15) is 32.6 Å². The maximum atomic E-state index is 12.5. The van der Waals surface area contributed by atoms with E-state index < -0.39 is 10.0 Å². The second-order valence-corrected chi connectivity index (χ2v) is 9.15. The monoisotopic (exact) mass is 404 g/mol. The molecular weight excluding hydrogens is 372 g/mol. The Hall–Kier alpha value is -1.16. The standard InChI is InChI=1S/C17H32N4O3S2/c1-6-18-17(20-14(4)13-24-5)19-12-11-15-9-10-16(25-15)26(22,23)21(7-2)8-3/h9-10,14H,6-8,11-13H2,1-5H3,(H2,18,19,20). The summed E-state index contributed by atoms with van der Waals surface area (Å²) in [6, 6.07) is 3.73. The van der Waals surface area contributed by atoms with E-state index in [0.29, 0.717) is 36.9 Å². The lowest BCUT2D eigenvalue weighted by Gasteiger charge is -2.17. The summed E-state index contributed by atoms with van der Waals surface area (Å²) in [6.07, 6.45) is 0.702. The molecule has 1 rings (SSSR count). The van der Waals surface area contributed by atoms with E-state index >= 15 is 0 Å². The number of thiophene rings is 1. The fraction of sp³-hybridized carbons (Fsp3) is 0.706. The Bertz CT molecular complexity index is 655. The lowest BCUT2D eigenvalue weighted by atomic mass is 10.3. The van der Waals surface area contributed by atoms with Gasteiger partial charge in [-0.05, 0) is 26.0 Å². The van der Waals surface area contributed by atoms with Crippen molar-refractivity contribution in [3.05, 3.63) is 17.0 Å². The maximum Gasteiger partial charge on any atom is 0.252 e. The zero-order chi connectivity index (χ0) is 19.6. The van der Waals surface area contributed by atoms with E-state index in [0.717, 1.165) is 17.4 Å². The predicted molar refractivity (Wildman–Crippen MR) is 109 cm³/mol. The largest absolute Gasteiger partial charge is 0.383 e. The molecule has 0 saturated heterocycles. The molecule has 0 amide bonds. The summed E-state index contributed by atoms with van der Waals surface area (Å²) in [7, 11) is -1.71. The van der Waals surface area contributed by atoms with Crippen molar-refractivity contribution in [2.45, 2.75) is 44.4 Å². The number of hydrogen-bond acceptors (Lipinski definition) is 5. The van der Waals surface area contributed by atoms with Crippen molar-refractivity contribution in [1.29, 1.82) is 0 Å². The van der Waals surface area contributed by atoms with Gasteiger partial charge in [0, 0.05) is 50.6 Å². The summed E-state index contributed by atoms with van der Waals surface area (Å²) in [5.74, 6) is 0.740. The highest BCUT2D eigenvalue weighted by Gasteiger charge is 2.23. The molecule has 0 radical (unpaired) electrons. The van der Waals surface area contributed by atoms with Gasteiger partial charge in [0.1, 0.15) is 4.21 Å². The van der Waals surface area contributed by atoms with E-state index in [-0.39, 0.29) is 6.04 Å². The molecule has 26 heavy (non-hydrogen) atoms. The molecule has 0 aliphatic carbocycles. The predicted octanol–water partition coefficient (Wildman–Crippen LogP) is 1.91. The summed E-state index contributed by atoms with van der Waals surface area (Å²) >= 11 is 1.33. The van der Waals surface area contributed by atoms with Gasteiger partial charge in [-0.2, -0.15) is 4.31 Å². The molecule has 9 heteroatoms. The van der Waals surface area contributed by atoms with E-state index in [4.69, 9.17) is 4.74 Å². The van der Waals surface area contributed by atoms with Crippen molar-refractivity contribution < 1.29 is 13.2 Å². The molecule has 0 aliphatic heterocycles. The van der Waals surface area contributed by atoms with Crippen LogP contribution in [0.15, 0.2) is 21.3 Å². The van der Waals surface area contributed by atoms with E-state index in [2.05, 4.69) is 15.6 Å². The Morgan fingerprint density at radius 3 is 2.58 bits per heavy atom. The highest BCUT2D eigenvalue weighted by molar-refractivity contribution is 7.91. The average Bonchev–Trinajstić information content (AvgIpc) is 3.06. The smallest absolute Gasteiger partial charge is 0.252 e. The summed E-state index contributed by atoms with van der Waals surface area (Å²) in [5, 5.41) is 6.48. The fourth-order valence-corrected chi connectivity index (χ4v) is 5.40. The number of nitrogens with zero attached hydrogens (tertiary/aromatic N) is 2. The van der Waals surface area contributed by atoms with Gasteiger partial charge in [-0.1, -0.05) is 13.8 Å². The molecular formula is C17H32N4O3S2. The van der Waals surface area contributed by atoms with Gasteiger partial charge in [0.05, 0.1) is 6.61 Å². The molecule has 1 heterocycles. The summed E-state index contributed by atoms with van der Waals surface area (Å²) in [6.45, 7) is 10.7. The van der Waals surface area contributed by atoms with Gasteiger partial charge < -0.3 is 15.4 Å². The molecule has 0 bridgehead atoms. The van der Waals surface area contributed by atoms with Crippen molar-refractivity contribution in [3.8, 4) is 0 Å². The summed E-state index contributed by atoms with van der Waals surface area (Å²) in [4.78, 5) is 5.57. The first-order chi connectivity index (χ1) is 12.4. The fourth-order valence-electron chi connectivity index (χ4n) is 2.44. The number of aliphatic imine (C=N–C) groups is 1. The van der Waals surface area contributed by atoms with Crippen molar-refractivity contribution in [2.24, 2.45) is 4.99 Å². The van der Waals surface area contributed by atoms with Gasteiger partial charge in [-0.15, -0.1) is 11.3 Å². The van der Waals surface area contributed by atoms with Crippen LogP contribution in [0.4, 0.5) is 0 Å². The third-order valence-electron chi connectivity index (χ3n) is 3.71. The Labute approximate surface area is 161 Å². The van der Waals surface area contributed by atoms with Crippen LogP contribution in [0, 0.1) is 0 Å². The van der Waals surface area contributed by atoms with Gasteiger partial charge in [0.15, 0.2) is 5.96 Å². The minimum absolute atomic E-state index is 0.158. The molecule has 2 N–H and O–H groups in total. The molecule has 0 spiro atoms. The van der Waals surface area contributed by atoms with E-state index in [1.165, 1.54) is 15.6 Å². The first-order valence-electron chi connectivity index (χ1n) is 9.01. The Kier molecular flexibility index (Phi) is 10.1. The lowest BCUT2D eigenvalue weighted by Crippen LogP contribution is -2.44. The Morgan fingerprint density at radius 2 is 2.00 bits per heavy atom. The topological polar surface area (TPSA) is 83.0 Å². The second kappa shape index (κ2) is 11.5. The molecule has 150 valence electrons. The zero-order valence-corrected chi connectivity index (χ0v) is 18.0. The van der Waals surface area contributed by atoms with Gasteiger partial charge >= 0.3 is 0 Å². The lowest BCUT2D eigenvalue weighted by molar-refractivity contribution is 0.179. The van der Waals surface area contributed by atoms with Crippen LogP contribution in [0.5, 0.6) is 0 Å². The number of hydrogen-bond donors (Lipinski definition) is 2. The SMILES string of the molecule is CCNC(=NCCc1ccc(S(=O)(=O)N(CC)CC)s1)NC(C)COC. The van der Waals surface area contributed by atoms with Crippen molar-refractivity contribution in [1.82, 2.24) is 14.9 Å². The molecule has 0 aromatic carbocycles. The van der Waals surface area contributed by atoms with Gasteiger partial charge in [-0.25, -0.2) is 8.42 Å². The third-order valence-corrected chi connectivity index (χ3v) is 7.37. The average molecular weight is 405 g/mol. The maximum absolute atomic E-state index is 12.5. The number of nitrogens with one attached hydrogen (secondary N) is 2. The van der Waals surface area contributed by atoms with Crippen LogP contribution in [0.2, 0.25) is 0 Å². The summed E-state index contributed by atoms with van der Waals surface area (Å²) in [5.41, 5.74) is 0. The molecule has 0 saturated carbocycles. The Balaban J connectivity index is 2.71. The molecule has 1 aromatic rings. The highest BCUT2D eigenvalue weighted by Crippen LogP contribution is 2.25. The molecule has 0 fully saturated rings. The molecule has 1 aromatic heterocycles. The van der Waals surface area contributed by atoms with Gasteiger partial charge in [-0.3, -0.25) is 4.99 Å². The number of rotatable bonds is 11. The number of methoxy groups -OCH3 is 1. The number of guanidine groups is 1. The zero-order valence-electron chi connectivity index (χ0n) is 16.4. The molecule has 0 aliphatic rings. The van der Waals surface area contributed by atoms with Gasteiger partial charge in [0.25, 0.3) is 10.0 Å². The Morgan fingerprint density at radius 1 is 1.31 bits per heavy atom. The van der Waals surface area contributed by atoms with Crippen LogP contribution in [0.3, 0.4) is 0 Å². The van der Waals surface area contributed by atoms with Crippen LogP contribution in [-0.4, -0.2) is 64.6 Å². The molecule has 1 atom stereocenters. The highest BCUT2D eigenvalue weighted by atomic mass is 32.2. The number of sulfonamides is 1. The number of ether oxygens (including phenoxy) is 1. The first-order valence-corrected chi connectivity index (χ1v) is 11.3. The minimum Gasteiger partial charge on any atom is -0.383 e. The van der Waals surface area contributed by atoms with E-state index in [9.17, 15) is 8.42 Å². The first kappa shape index (κ1) is 22.9.